The van der Waals surface area contributed by atoms with Crippen LogP contribution < -0.4 is 43.7 Å². The third kappa shape index (κ3) is 46.0. The van der Waals surface area contributed by atoms with Crippen molar-refractivity contribution in [3.63, 3.8) is 0 Å². The number of phenols is 4. The van der Waals surface area contributed by atoms with E-state index in [1.54, 1.807) is 61.7 Å². The van der Waals surface area contributed by atoms with Crippen molar-refractivity contribution in [2.24, 2.45) is 5.73 Å². The highest BCUT2D eigenvalue weighted by Gasteiger charge is 2.39. The summed E-state index contributed by atoms with van der Waals surface area (Å²) in [6, 6.07) is 17.9. The first-order chi connectivity index (χ1) is 59.4. The summed E-state index contributed by atoms with van der Waals surface area (Å²) in [6.07, 6.45) is 31.1. The molecule has 18 N–H and O–H groups in total. The number of nitrogens with one attached hydrogen (secondary N) is 2. The lowest BCUT2D eigenvalue weighted by Crippen LogP contribution is -2.43. The first-order valence-electron chi connectivity index (χ1n) is 38.0. The van der Waals surface area contributed by atoms with E-state index in [0.717, 1.165) is 136 Å². The summed E-state index contributed by atoms with van der Waals surface area (Å²) in [6.45, 7) is 13.1. The van der Waals surface area contributed by atoms with E-state index in [2.05, 4.69) is 234 Å². The van der Waals surface area contributed by atoms with Crippen LogP contribution in [-0.4, -0.2) is 176 Å². The van der Waals surface area contributed by atoms with E-state index in [1.165, 1.54) is 68.1 Å². The van der Waals surface area contributed by atoms with E-state index >= 15 is 0 Å². The highest BCUT2D eigenvalue weighted by Crippen LogP contribution is 2.41. The number of aromatic hydroxyl groups is 4. The summed E-state index contributed by atoms with van der Waals surface area (Å²) in [5.41, 5.74) is 29.3. The van der Waals surface area contributed by atoms with Crippen LogP contribution in [-0.2, 0) is 28.6 Å². The lowest BCUT2D eigenvalue weighted by Gasteiger charge is -2.36. The van der Waals surface area contributed by atoms with E-state index in [4.69, 9.17) is 72.0 Å². The number of hydrogen-bond donors (Lipinski definition) is 13. The second kappa shape index (κ2) is 60.2. The van der Waals surface area contributed by atoms with E-state index in [9.17, 15) is 43.2 Å². The summed E-state index contributed by atoms with van der Waals surface area (Å²) < 4.78 is 55.7. The predicted molar refractivity (Wildman–Crippen MR) is 525 cm³/mol. The molecule has 6 heterocycles. The number of nitrogen functional groups attached to an aromatic ring is 4. The molecule has 0 bridgehead atoms. The normalized spacial score (nSPS) is 16.5. The van der Waals surface area contributed by atoms with Gasteiger partial charge in [0.25, 0.3) is 29.8 Å². The van der Waals surface area contributed by atoms with E-state index in [0.29, 0.717) is 49.6 Å². The van der Waals surface area contributed by atoms with Crippen molar-refractivity contribution in [3.05, 3.63) is 186 Å². The van der Waals surface area contributed by atoms with Crippen molar-refractivity contribution < 1.29 is 76.2 Å². The molecule has 1 aliphatic heterocycles. The van der Waals surface area contributed by atoms with Gasteiger partial charge in [0.15, 0.2) is 23.9 Å². The molecule has 5 aromatic carbocycles. The van der Waals surface area contributed by atoms with Gasteiger partial charge in [-0.1, -0.05) is 98.0 Å². The number of halogens is 10. The van der Waals surface area contributed by atoms with Crippen molar-refractivity contribution >= 4 is 239 Å². The Morgan fingerprint density at radius 3 is 1.32 bits per heavy atom. The summed E-state index contributed by atoms with van der Waals surface area (Å²) >= 11 is 28.0. The fourth-order valence-corrected chi connectivity index (χ4v) is 14.7. The molecule has 0 amide bonds. The first kappa shape index (κ1) is 115. The number of ether oxygens (including phenoxy) is 1. The highest BCUT2D eigenvalue weighted by molar-refractivity contribution is 9.93. The third-order valence-corrected chi connectivity index (χ3v) is 26.0. The molecular formula is C79H103Br9FN19O17SSi. The Hall–Kier alpha value is -7.82. The second-order valence-corrected chi connectivity index (χ2v) is 41.5. The fraction of sp³-hybridized carbons (Fsp3) is 0.392. The summed E-state index contributed by atoms with van der Waals surface area (Å²) in [4.78, 5) is 76.7. The van der Waals surface area contributed by atoms with Crippen LogP contribution in [0, 0.1) is 26.3 Å². The molecule has 3 aliphatic carbocycles. The maximum absolute atomic E-state index is 11.8. The van der Waals surface area contributed by atoms with Gasteiger partial charge in [-0.05, 0) is 211 Å². The summed E-state index contributed by atoms with van der Waals surface area (Å²) in [5, 5.41) is 82.0. The van der Waals surface area contributed by atoms with Crippen LogP contribution in [0.25, 0.3) is 22.1 Å². The molecule has 0 spiro atoms. The van der Waals surface area contributed by atoms with E-state index in [1.807, 2.05) is 18.2 Å². The number of fused-ring (bicyclic) bond motifs is 2. The van der Waals surface area contributed by atoms with Crippen molar-refractivity contribution in [3.8, 4) is 28.7 Å². The largest absolute Gasteiger partial charge is 0.542 e. The van der Waals surface area contributed by atoms with Gasteiger partial charge in [-0.15, -0.1) is 0 Å². The summed E-state index contributed by atoms with van der Waals surface area (Å²) in [7, 11) is -5.23. The number of carbonyl (C=O) groups excluding carboxylic acids is 2. The van der Waals surface area contributed by atoms with Crippen molar-refractivity contribution in [2.75, 3.05) is 53.0 Å². The Kier molecular flexibility index (Phi) is 54.6. The van der Waals surface area contributed by atoms with Gasteiger partial charge in [0.1, 0.15) is 39.8 Å². The number of carbonyl (C=O) groups is 2. The van der Waals surface area contributed by atoms with Crippen LogP contribution in [0.1, 0.15) is 125 Å². The molecule has 10 aromatic rings. The molecule has 48 heteroatoms. The maximum atomic E-state index is 11.8. The number of nitro benzene ring substituents is 2. The van der Waals surface area contributed by atoms with E-state index < -0.39 is 34.4 Å². The minimum atomic E-state index is -3.36. The van der Waals surface area contributed by atoms with Gasteiger partial charge < -0.3 is 79.1 Å². The first-order valence-corrected chi connectivity index (χ1v) is 52.0. The zero-order valence-electron chi connectivity index (χ0n) is 68.9. The Morgan fingerprint density at radius 1 is 0.528 bits per heavy atom. The van der Waals surface area contributed by atoms with Crippen LogP contribution in [0.15, 0.2) is 160 Å². The lowest BCUT2D eigenvalue weighted by molar-refractivity contribution is -0.384. The minimum absolute atomic E-state index is 0. The number of benzene rings is 5. The number of rotatable bonds is 11. The van der Waals surface area contributed by atoms with Crippen molar-refractivity contribution in [2.45, 2.75) is 179 Å². The van der Waals surface area contributed by atoms with Gasteiger partial charge >= 0.3 is 6.08 Å². The number of aldehydes is 2. The number of aliphatic hydroxyl groups is 2. The molecule has 3 saturated carbocycles. The number of aromatic nitrogens is 10. The third-order valence-electron chi connectivity index (χ3n) is 18.0. The molecule has 1 saturated heterocycles. The fourth-order valence-electron chi connectivity index (χ4n) is 10.6. The second-order valence-electron chi connectivity index (χ2n) is 28.8. The van der Waals surface area contributed by atoms with Gasteiger partial charge in [-0.2, -0.15) is 12.8 Å². The zero-order chi connectivity index (χ0) is 94.4. The molecule has 0 atom stereocenters. The standard InChI is InChI=1S/C14H19BrN2OSi.C11H16BrN3O3S.C10H14BrN3O.C8H5BrN2O.C6H5BrN2O3.C6H7BrN2O.C6H6N2O3.C6H13NO.C5H10O.C4H2BrFN2.C2H2O2.CH4.Br2/c1-14(2,3)19(4,5)18-12-9-10(15)8-11-13(12)17-7-6-16-11;1-19(16,17)18-10-4-2-9(3-5-10)15-11-13-6-8(12)7-14-11;11-7-5-12-10(13-6-7)14-8-1-3-9(15)4-2-8;9-5-3-6-8(7(12)4-5)11-2-1-10-6;7-3-1-4(9(11)12)6(8)5(10)2-3;7-3-1-4(8)6(9)5(10)2-3;7-6-4(8(10)11)2-1-3-5(6)9;7-5-1-3-6(8)4-2-5;1-2-4-6-5-3-1;5-3-1-7-4(6)8-2-3;3-1-2-4;;1-2/h6-9H,1-5H3;6-7,9-10H,2-5H2,1H3,(H,13,14,15);5-6,8-9,15H,1-4H2,(H,12,13,14);1-4,12H;1-2,10H,8H2;1-2,10H,8-9H2;1-3,9H,7H2;5-6,8H,1-4,7H2;1-5H2;1-2H;1-2H;1H4;. The Balaban J connectivity index is 0.000000481. The molecule has 5 aromatic heterocycles. The van der Waals surface area contributed by atoms with Crippen LogP contribution >= 0.6 is 140 Å². The number of nitro groups is 2. The van der Waals surface area contributed by atoms with Crippen LogP contribution in [0.3, 0.4) is 0 Å². The molecule has 14 rings (SSSR count). The maximum Gasteiger partial charge on any atom is 0.308 e. The van der Waals surface area contributed by atoms with Crippen LogP contribution in [0.5, 0.6) is 28.7 Å². The average Bonchev–Trinajstić information content (AvgIpc) is 0.788. The predicted octanol–water partition coefficient (Wildman–Crippen LogP) is 19.1. The molecule has 127 heavy (non-hydrogen) atoms. The number of aliphatic hydroxyl groups excluding tert-OH is 2. The molecule has 36 nitrogen and oxygen atoms in total. The summed E-state index contributed by atoms with van der Waals surface area (Å²) in [5.74, 6) is 1.67. The van der Waals surface area contributed by atoms with Crippen LogP contribution in [0.2, 0.25) is 18.1 Å². The van der Waals surface area contributed by atoms with Gasteiger partial charge in [0.05, 0.1) is 70.2 Å². The quantitative estimate of drug-likeness (QED) is 0.00658. The smallest absolute Gasteiger partial charge is 0.308 e. The SMILES string of the molecule is BrBr.C.C1CCOCC1.CC(C)(C)[Si](C)(C)Oc1cc(Br)cc2nccnc12.CS(=O)(=O)OC1CCC(Nc2ncc(Br)cn2)CC1.Fc1ncc(Br)cn1.NC1CCC(O)CC1.Nc1c(O)cc(Br)cc1[N+](=O)[O-].Nc1c(O)cccc1[N+](=O)[O-].Nc1cc(Br)cc(O)c1N.O=CC=O.OC1CCC(Nc2ncc(Br)cn2)CC1.Oc1cc(Br)cc2nccnc12. The molecule has 4 fully saturated rings. The van der Waals surface area contributed by atoms with Gasteiger partial charge in [-0.25, -0.2) is 39.9 Å². The number of nitrogens with two attached hydrogens (primary N) is 5. The highest BCUT2D eigenvalue weighted by atomic mass is 80.9. The monoisotopic (exact) mass is 2380 g/mol. The number of phenolic OH excluding ortho intramolecular Hbond substituents is 4. The average molecular weight is 2390 g/mol. The minimum Gasteiger partial charge on any atom is -0.542 e. The van der Waals surface area contributed by atoms with Gasteiger partial charge in [0.2, 0.25) is 11.9 Å². The van der Waals surface area contributed by atoms with E-state index in [-0.39, 0.29) is 101 Å². The van der Waals surface area contributed by atoms with Crippen molar-refractivity contribution in [1.82, 2.24) is 49.8 Å². The number of anilines is 6. The Morgan fingerprint density at radius 2 is 0.921 bits per heavy atom. The van der Waals surface area contributed by atoms with Crippen LogP contribution in [0.4, 0.5) is 50.4 Å². The topological polar surface area (TPSA) is 587 Å². The molecular weight excluding hydrogens is 2290 g/mol. The molecule has 0 radical (unpaired) electrons. The molecule has 696 valence electrons. The number of para-hydroxylation sites is 1. The van der Waals surface area contributed by atoms with Gasteiger partial charge in [-0.3, -0.25) is 44.0 Å². The number of nitrogens with zero attached hydrogens (tertiary/aromatic N) is 12. The zero-order valence-corrected chi connectivity index (χ0v) is 85.0. The Bertz CT molecular complexity index is 5040. The number of hydrogen-bond acceptors (Lipinski definition) is 34. The molecule has 4 aliphatic rings. The lowest BCUT2D eigenvalue weighted by atomic mass is 9.93. The van der Waals surface area contributed by atoms with Crippen molar-refractivity contribution in [1.29, 1.82) is 0 Å². The molecule has 0 unspecified atom stereocenters. The van der Waals surface area contributed by atoms with Gasteiger partial charge in [0, 0.05) is 152 Å². The Labute approximate surface area is 810 Å².